The highest BCUT2D eigenvalue weighted by molar-refractivity contribution is 6.31. The van der Waals surface area contributed by atoms with Crippen molar-refractivity contribution in [2.24, 2.45) is 11.7 Å². The minimum Gasteiger partial charge on any atom is -0.366 e. The fourth-order valence-corrected chi connectivity index (χ4v) is 3.91. The van der Waals surface area contributed by atoms with E-state index < -0.39 is 11.8 Å². The van der Waals surface area contributed by atoms with Crippen molar-refractivity contribution in [3.05, 3.63) is 64.8 Å². The molecule has 2 heterocycles. The molecule has 154 valence electrons. The van der Waals surface area contributed by atoms with Crippen molar-refractivity contribution in [2.45, 2.75) is 12.8 Å². The summed E-state index contributed by atoms with van der Waals surface area (Å²) in [6.45, 7) is 0.919. The van der Waals surface area contributed by atoms with Gasteiger partial charge in [-0.05, 0) is 54.4 Å². The number of hydrogen-bond donors (Lipinski definition) is 3. The van der Waals surface area contributed by atoms with E-state index in [1.54, 1.807) is 29.2 Å². The second-order valence-electron chi connectivity index (χ2n) is 7.43. The standard InChI is InChI=1S/C22H21ClN4O3/c23-16-3-6-19-18(10-16)14(11-25-19)7-8-27-12-15(9-20(27)28)22(30)26-17-4-1-13(2-5-17)21(24)29/h1-6,10-11,15,25H,7-9,12H2,(H2,24,29)(H,26,30)/t15-/m0/s1. The van der Waals surface area contributed by atoms with Crippen molar-refractivity contribution in [1.82, 2.24) is 9.88 Å². The van der Waals surface area contributed by atoms with Crippen LogP contribution in [0.25, 0.3) is 10.9 Å². The first-order chi connectivity index (χ1) is 14.4. The summed E-state index contributed by atoms with van der Waals surface area (Å²) >= 11 is 6.10. The van der Waals surface area contributed by atoms with Crippen LogP contribution in [0.2, 0.25) is 5.02 Å². The number of nitrogens with zero attached hydrogens (tertiary/aromatic N) is 1. The topological polar surface area (TPSA) is 108 Å². The number of carbonyl (C=O) groups excluding carboxylic acids is 3. The summed E-state index contributed by atoms with van der Waals surface area (Å²) in [6.07, 6.45) is 2.79. The number of anilines is 1. The van der Waals surface area contributed by atoms with Crippen LogP contribution in [-0.4, -0.2) is 40.7 Å². The highest BCUT2D eigenvalue weighted by atomic mass is 35.5. The zero-order valence-electron chi connectivity index (χ0n) is 16.2. The lowest BCUT2D eigenvalue weighted by Crippen LogP contribution is -2.30. The first-order valence-corrected chi connectivity index (χ1v) is 10.0. The van der Waals surface area contributed by atoms with Crippen molar-refractivity contribution in [3.8, 4) is 0 Å². The Morgan fingerprint density at radius 1 is 1.20 bits per heavy atom. The predicted octanol–water partition coefficient (Wildman–Crippen LogP) is 2.95. The SMILES string of the molecule is NC(=O)c1ccc(NC(=O)[C@H]2CC(=O)N(CCc3c[nH]c4ccc(Cl)cc34)C2)cc1. The molecule has 7 nitrogen and oxygen atoms in total. The van der Waals surface area contributed by atoms with Gasteiger partial charge in [-0.25, -0.2) is 0 Å². The second-order valence-corrected chi connectivity index (χ2v) is 7.86. The van der Waals surface area contributed by atoms with Gasteiger partial charge in [-0.3, -0.25) is 14.4 Å². The van der Waals surface area contributed by atoms with Crippen LogP contribution in [0.15, 0.2) is 48.7 Å². The van der Waals surface area contributed by atoms with Crippen LogP contribution in [0.5, 0.6) is 0 Å². The number of nitrogens with two attached hydrogens (primary N) is 1. The predicted molar refractivity (Wildman–Crippen MR) is 115 cm³/mol. The molecule has 1 saturated heterocycles. The summed E-state index contributed by atoms with van der Waals surface area (Å²) in [4.78, 5) is 41.0. The lowest BCUT2D eigenvalue weighted by Gasteiger charge is -2.16. The smallest absolute Gasteiger partial charge is 0.248 e. The van der Waals surface area contributed by atoms with E-state index in [-0.39, 0.29) is 18.2 Å². The van der Waals surface area contributed by atoms with Crippen LogP contribution < -0.4 is 11.1 Å². The molecule has 1 aromatic heterocycles. The van der Waals surface area contributed by atoms with Crippen LogP contribution in [0.1, 0.15) is 22.3 Å². The molecule has 8 heteroatoms. The molecular weight excluding hydrogens is 404 g/mol. The maximum absolute atomic E-state index is 12.6. The Bertz CT molecular complexity index is 1120. The summed E-state index contributed by atoms with van der Waals surface area (Å²) in [5.74, 6) is -1.18. The fraction of sp³-hybridized carbons (Fsp3) is 0.227. The molecule has 0 bridgehead atoms. The largest absolute Gasteiger partial charge is 0.366 e. The Kier molecular flexibility index (Phi) is 5.46. The second kappa shape index (κ2) is 8.20. The Morgan fingerprint density at radius 2 is 1.97 bits per heavy atom. The number of rotatable bonds is 6. The van der Waals surface area contributed by atoms with Gasteiger partial charge in [0.15, 0.2) is 0 Å². The zero-order valence-corrected chi connectivity index (χ0v) is 16.9. The quantitative estimate of drug-likeness (QED) is 0.566. The summed E-state index contributed by atoms with van der Waals surface area (Å²) < 4.78 is 0. The van der Waals surface area contributed by atoms with Crippen molar-refractivity contribution in [2.75, 3.05) is 18.4 Å². The van der Waals surface area contributed by atoms with E-state index in [1.807, 2.05) is 24.4 Å². The average molecular weight is 425 g/mol. The Balaban J connectivity index is 1.35. The van der Waals surface area contributed by atoms with E-state index in [0.29, 0.717) is 35.8 Å². The number of hydrogen-bond acceptors (Lipinski definition) is 3. The molecule has 4 N–H and O–H groups in total. The molecule has 0 saturated carbocycles. The normalized spacial score (nSPS) is 16.2. The van der Waals surface area contributed by atoms with Gasteiger partial charge in [0.05, 0.1) is 5.92 Å². The first-order valence-electron chi connectivity index (χ1n) is 9.65. The lowest BCUT2D eigenvalue weighted by atomic mass is 10.1. The number of carbonyl (C=O) groups is 3. The van der Waals surface area contributed by atoms with Crippen LogP contribution in [0.3, 0.4) is 0 Å². The first kappa shape index (κ1) is 20.0. The average Bonchev–Trinajstić information content (AvgIpc) is 3.29. The van der Waals surface area contributed by atoms with E-state index in [1.165, 1.54) is 0 Å². The van der Waals surface area contributed by atoms with Crippen molar-refractivity contribution < 1.29 is 14.4 Å². The fourth-order valence-electron chi connectivity index (χ4n) is 3.74. The van der Waals surface area contributed by atoms with E-state index in [2.05, 4.69) is 10.3 Å². The van der Waals surface area contributed by atoms with Crippen LogP contribution in [0, 0.1) is 5.92 Å². The number of primary amides is 1. The number of benzene rings is 2. The van der Waals surface area contributed by atoms with Gasteiger partial charge in [0.25, 0.3) is 0 Å². The lowest BCUT2D eigenvalue weighted by molar-refractivity contribution is -0.128. The number of halogens is 1. The van der Waals surface area contributed by atoms with Crippen LogP contribution in [0.4, 0.5) is 5.69 Å². The monoisotopic (exact) mass is 424 g/mol. The zero-order chi connectivity index (χ0) is 21.3. The Hall–Kier alpha value is -3.32. The van der Waals surface area contributed by atoms with E-state index in [0.717, 1.165) is 16.5 Å². The highest BCUT2D eigenvalue weighted by Crippen LogP contribution is 2.25. The molecule has 0 aliphatic carbocycles. The number of H-pyrrole nitrogens is 1. The molecule has 1 fully saturated rings. The number of aromatic amines is 1. The summed E-state index contributed by atoms with van der Waals surface area (Å²) in [6, 6.07) is 12.0. The van der Waals surface area contributed by atoms with Gasteiger partial charge in [0, 0.05) is 52.9 Å². The molecule has 0 spiro atoms. The molecule has 3 aromatic rings. The Labute approximate surface area is 178 Å². The van der Waals surface area contributed by atoms with Gasteiger partial charge in [-0.15, -0.1) is 0 Å². The van der Waals surface area contributed by atoms with Crippen molar-refractivity contribution in [3.63, 3.8) is 0 Å². The maximum Gasteiger partial charge on any atom is 0.248 e. The molecule has 3 amide bonds. The minimum atomic E-state index is -0.526. The minimum absolute atomic E-state index is 0.0305. The van der Waals surface area contributed by atoms with E-state index in [9.17, 15) is 14.4 Å². The molecular formula is C22H21ClN4O3. The molecule has 30 heavy (non-hydrogen) atoms. The molecule has 1 aliphatic heterocycles. The summed E-state index contributed by atoms with van der Waals surface area (Å²) in [7, 11) is 0. The number of amides is 3. The van der Waals surface area contributed by atoms with Crippen molar-refractivity contribution in [1.29, 1.82) is 0 Å². The van der Waals surface area contributed by atoms with Gasteiger partial charge in [0.2, 0.25) is 17.7 Å². The number of aromatic nitrogens is 1. The summed E-state index contributed by atoms with van der Waals surface area (Å²) in [5, 5.41) is 4.51. The van der Waals surface area contributed by atoms with Gasteiger partial charge in [0.1, 0.15) is 0 Å². The van der Waals surface area contributed by atoms with E-state index in [4.69, 9.17) is 17.3 Å². The molecule has 2 aromatic carbocycles. The van der Waals surface area contributed by atoms with Gasteiger partial charge in [-0.1, -0.05) is 11.6 Å². The summed E-state index contributed by atoms with van der Waals surface area (Å²) in [5.41, 5.74) is 8.24. The number of fused-ring (bicyclic) bond motifs is 1. The van der Waals surface area contributed by atoms with Crippen LogP contribution in [-0.2, 0) is 16.0 Å². The van der Waals surface area contributed by atoms with Gasteiger partial charge >= 0.3 is 0 Å². The van der Waals surface area contributed by atoms with E-state index >= 15 is 0 Å². The van der Waals surface area contributed by atoms with Gasteiger partial charge in [-0.2, -0.15) is 0 Å². The molecule has 4 rings (SSSR count). The van der Waals surface area contributed by atoms with Gasteiger partial charge < -0.3 is 20.9 Å². The molecule has 0 unspecified atom stereocenters. The number of nitrogens with one attached hydrogen (secondary N) is 2. The molecule has 0 radical (unpaired) electrons. The third kappa shape index (κ3) is 4.16. The third-order valence-electron chi connectivity index (χ3n) is 5.40. The highest BCUT2D eigenvalue weighted by Gasteiger charge is 2.34. The van der Waals surface area contributed by atoms with Crippen molar-refractivity contribution >= 4 is 45.9 Å². The maximum atomic E-state index is 12.6. The molecule has 1 aliphatic rings. The molecule has 1 atom stereocenters. The number of likely N-dealkylation sites (tertiary alicyclic amines) is 1. The third-order valence-corrected chi connectivity index (χ3v) is 5.64. The Morgan fingerprint density at radius 3 is 2.70 bits per heavy atom. The van der Waals surface area contributed by atoms with Crippen LogP contribution >= 0.6 is 11.6 Å².